The number of nitrogens with zero attached hydrogens (tertiary/aromatic N) is 2. The van der Waals surface area contributed by atoms with Crippen LogP contribution >= 0.6 is 0 Å². The number of rotatable bonds is 11. The zero-order valence-electron chi connectivity index (χ0n) is 18.8. The van der Waals surface area contributed by atoms with Crippen molar-refractivity contribution in [1.82, 2.24) is 15.1 Å². The third kappa shape index (κ3) is 5.12. The van der Waals surface area contributed by atoms with Gasteiger partial charge in [-0.2, -0.15) is 0 Å². The van der Waals surface area contributed by atoms with Crippen LogP contribution in [0.25, 0.3) is 0 Å². The number of ether oxygens (including phenoxy) is 2. The minimum absolute atomic E-state index is 0.0572. The van der Waals surface area contributed by atoms with Crippen molar-refractivity contribution in [3.63, 3.8) is 0 Å². The molecular formula is C23H24N4O8. The van der Waals surface area contributed by atoms with Crippen molar-refractivity contribution in [3.05, 3.63) is 41.5 Å². The molecule has 1 fully saturated rings. The molecule has 0 radical (unpaired) electrons. The summed E-state index contributed by atoms with van der Waals surface area (Å²) in [5, 5.41) is 5.25. The van der Waals surface area contributed by atoms with E-state index in [0.717, 1.165) is 9.80 Å². The average molecular weight is 484 g/mol. The predicted octanol–water partition coefficient (Wildman–Crippen LogP) is -0.542. The number of amides is 6. The first-order chi connectivity index (χ1) is 16.9. The molecule has 6 amide bonds. The molecule has 12 heteroatoms. The van der Waals surface area contributed by atoms with Crippen LogP contribution in [0.1, 0.15) is 33.6 Å². The van der Waals surface area contributed by atoms with Gasteiger partial charge in [-0.1, -0.05) is 6.07 Å². The fraction of sp³-hybridized carbons (Fsp3) is 0.391. The molecule has 12 nitrogen and oxygen atoms in total. The van der Waals surface area contributed by atoms with E-state index in [9.17, 15) is 28.8 Å². The van der Waals surface area contributed by atoms with Gasteiger partial charge in [0.2, 0.25) is 11.8 Å². The molecule has 3 aliphatic rings. The summed E-state index contributed by atoms with van der Waals surface area (Å²) in [6.07, 6.45) is 2.59. The minimum Gasteiger partial charge on any atom is -0.382 e. The lowest BCUT2D eigenvalue weighted by Gasteiger charge is -2.27. The maximum Gasteiger partial charge on any atom is 0.264 e. The molecule has 4 rings (SSSR count). The van der Waals surface area contributed by atoms with Crippen LogP contribution in [-0.4, -0.2) is 90.8 Å². The molecule has 1 aromatic carbocycles. The Hall–Kier alpha value is -3.90. The maximum absolute atomic E-state index is 13.0. The number of benzene rings is 1. The summed E-state index contributed by atoms with van der Waals surface area (Å²) in [5.74, 6) is -2.94. The minimum atomic E-state index is -1.02. The highest BCUT2D eigenvalue weighted by Gasteiger charge is 2.45. The normalized spacial score (nSPS) is 19.6. The van der Waals surface area contributed by atoms with Gasteiger partial charge in [0.05, 0.1) is 44.1 Å². The van der Waals surface area contributed by atoms with Crippen LogP contribution in [0.2, 0.25) is 0 Å². The van der Waals surface area contributed by atoms with Gasteiger partial charge in [-0.15, -0.1) is 0 Å². The van der Waals surface area contributed by atoms with Gasteiger partial charge in [-0.25, -0.2) is 0 Å². The summed E-state index contributed by atoms with van der Waals surface area (Å²) in [6.45, 7) is 1.58. The van der Waals surface area contributed by atoms with Crippen LogP contribution < -0.4 is 10.6 Å². The smallest absolute Gasteiger partial charge is 0.264 e. The van der Waals surface area contributed by atoms with Gasteiger partial charge < -0.3 is 14.8 Å². The van der Waals surface area contributed by atoms with E-state index in [-0.39, 0.29) is 62.1 Å². The quantitative estimate of drug-likeness (QED) is 0.312. The molecule has 0 saturated carbocycles. The van der Waals surface area contributed by atoms with Gasteiger partial charge in [-0.3, -0.25) is 43.9 Å². The topological polar surface area (TPSA) is 151 Å². The highest BCUT2D eigenvalue weighted by Crippen LogP contribution is 2.32. The number of piperidine rings is 1. The van der Waals surface area contributed by atoms with E-state index < -0.39 is 29.7 Å². The standard InChI is InChI=1S/C23H24N4O8/c28-17-5-4-16(21(31)25-17)27-22(32)14-2-1-3-15(20(14)23(27)33)24-8-10-34-12-13-35-11-9-26-18(29)6-7-19(26)30/h1-3,6-7,16,24H,4-5,8-13H2,(H,25,28,31). The lowest BCUT2D eigenvalue weighted by atomic mass is 10.0. The second-order valence-corrected chi connectivity index (χ2v) is 7.99. The van der Waals surface area contributed by atoms with E-state index >= 15 is 0 Å². The van der Waals surface area contributed by atoms with Crippen LogP contribution in [0.3, 0.4) is 0 Å². The molecule has 2 N–H and O–H groups in total. The summed E-state index contributed by atoms with van der Waals surface area (Å²) in [6, 6.07) is 3.81. The fourth-order valence-corrected chi connectivity index (χ4v) is 4.05. The van der Waals surface area contributed by atoms with Gasteiger partial charge in [0.1, 0.15) is 6.04 Å². The Balaban J connectivity index is 1.21. The third-order valence-corrected chi connectivity index (χ3v) is 5.76. The Labute approximate surface area is 200 Å². The zero-order chi connectivity index (χ0) is 24.9. The first kappa shape index (κ1) is 24.2. The zero-order valence-corrected chi connectivity index (χ0v) is 18.8. The van der Waals surface area contributed by atoms with Crippen LogP contribution in [0.4, 0.5) is 5.69 Å². The van der Waals surface area contributed by atoms with Crippen LogP contribution in [0.5, 0.6) is 0 Å². The van der Waals surface area contributed by atoms with Crippen molar-refractivity contribution in [1.29, 1.82) is 0 Å². The van der Waals surface area contributed by atoms with Crippen LogP contribution in [0.15, 0.2) is 30.4 Å². The highest BCUT2D eigenvalue weighted by atomic mass is 16.5. The summed E-state index contributed by atoms with van der Waals surface area (Å²) in [4.78, 5) is 74.4. The SMILES string of the molecule is O=C1CCC(N2C(=O)c3cccc(NCCOCCOCCN4C(=O)C=CC4=O)c3C2=O)C(=O)N1. The molecule has 1 saturated heterocycles. The summed E-state index contributed by atoms with van der Waals surface area (Å²) < 4.78 is 10.9. The molecule has 1 atom stereocenters. The number of fused-ring (bicyclic) bond motifs is 1. The molecule has 0 aliphatic carbocycles. The van der Waals surface area contributed by atoms with Gasteiger partial charge in [0, 0.05) is 30.8 Å². The van der Waals surface area contributed by atoms with E-state index in [0.29, 0.717) is 18.8 Å². The van der Waals surface area contributed by atoms with Crippen molar-refractivity contribution in [3.8, 4) is 0 Å². The number of anilines is 1. The molecular weight excluding hydrogens is 460 g/mol. The number of imide groups is 3. The molecule has 0 aromatic heterocycles. The van der Waals surface area contributed by atoms with Crippen molar-refractivity contribution in [2.75, 3.05) is 44.8 Å². The molecule has 1 unspecified atom stereocenters. The van der Waals surface area contributed by atoms with Gasteiger partial charge in [0.25, 0.3) is 23.6 Å². The lowest BCUT2D eigenvalue weighted by molar-refractivity contribution is -0.138. The molecule has 1 aromatic rings. The van der Waals surface area contributed by atoms with Crippen molar-refractivity contribution in [2.24, 2.45) is 0 Å². The number of hydrogen-bond donors (Lipinski definition) is 2. The van der Waals surface area contributed by atoms with Crippen molar-refractivity contribution >= 4 is 41.1 Å². The first-order valence-electron chi connectivity index (χ1n) is 11.2. The number of nitrogens with one attached hydrogen (secondary N) is 2. The van der Waals surface area contributed by atoms with Crippen molar-refractivity contribution in [2.45, 2.75) is 18.9 Å². The third-order valence-electron chi connectivity index (χ3n) is 5.76. The molecule has 0 bridgehead atoms. The molecule has 184 valence electrons. The van der Waals surface area contributed by atoms with E-state index in [1.54, 1.807) is 12.1 Å². The Morgan fingerprint density at radius 1 is 0.914 bits per heavy atom. The fourth-order valence-electron chi connectivity index (χ4n) is 4.05. The van der Waals surface area contributed by atoms with Crippen molar-refractivity contribution < 1.29 is 38.2 Å². The summed E-state index contributed by atoms with van der Waals surface area (Å²) >= 11 is 0. The van der Waals surface area contributed by atoms with E-state index in [4.69, 9.17) is 9.47 Å². The van der Waals surface area contributed by atoms with Gasteiger partial charge in [0.15, 0.2) is 0 Å². The second kappa shape index (κ2) is 10.6. The van der Waals surface area contributed by atoms with E-state index in [1.807, 2.05) is 0 Å². The maximum atomic E-state index is 13.0. The van der Waals surface area contributed by atoms with E-state index in [1.165, 1.54) is 18.2 Å². The van der Waals surface area contributed by atoms with Crippen LogP contribution in [0, 0.1) is 0 Å². The second-order valence-electron chi connectivity index (χ2n) is 7.99. The Bertz CT molecular complexity index is 1100. The largest absolute Gasteiger partial charge is 0.382 e. The average Bonchev–Trinajstić information content (AvgIpc) is 3.28. The number of carbonyl (C=O) groups is 6. The molecule has 3 heterocycles. The molecule has 3 aliphatic heterocycles. The number of carbonyl (C=O) groups excluding carboxylic acids is 6. The number of hydrogen-bond acceptors (Lipinski definition) is 9. The van der Waals surface area contributed by atoms with Crippen LogP contribution in [-0.2, 0) is 28.7 Å². The monoisotopic (exact) mass is 484 g/mol. The van der Waals surface area contributed by atoms with Gasteiger partial charge >= 0.3 is 0 Å². The lowest BCUT2D eigenvalue weighted by Crippen LogP contribution is -2.54. The summed E-state index contributed by atoms with van der Waals surface area (Å²) in [5.41, 5.74) is 0.833. The molecule has 35 heavy (non-hydrogen) atoms. The Morgan fingerprint density at radius 3 is 2.34 bits per heavy atom. The van der Waals surface area contributed by atoms with E-state index in [2.05, 4.69) is 10.6 Å². The molecule has 0 spiro atoms. The predicted molar refractivity (Wildman–Crippen MR) is 119 cm³/mol. The summed E-state index contributed by atoms with van der Waals surface area (Å²) in [7, 11) is 0. The highest BCUT2D eigenvalue weighted by molar-refractivity contribution is 6.25. The van der Waals surface area contributed by atoms with Gasteiger partial charge in [-0.05, 0) is 18.6 Å². The first-order valence-corrected chi connectivity index (χ1v) is 11.2. The Kier molecular flexibility index (Phi) is 7.32. The Morgan fingerprint density at radius 2 is 1.63 bits per heavy atom.